The van der Waals surface area contributed by atoms with Crippen molar-refractivity contribution in [2.75, 3.05) is 5.75 Å². The number of benzene rings is 1. The maximum Gasteiger partial charge on any atom is 0.230 e. The van der Waals surface area contributed by atoms with Crippen LogP contribution < -0.4 is 5.32 Å². The molecule has 1 N–H and O–H groups in total. The van der Waals surface area contributed by atoms with Gasteiger partial charge in [0.2, 0.25) is 5.91 Å². The van der Waals surface area contributed by atoms with E-state index in [-0.39, 0.29) is 17.5 Å². The maximum atomic E-state index is 12.8. The molecule has 2 aromatic heterocycles. The summed E-state index contributed by atoms with van der Waals surface area (Å²) in [7, 11) is 1.86. The van der Waals surface area contributed by atoms with Crippen LogP contribution in [-0.2, 0) is 18.4 Å². The molecule has 2 heterocycles. The van der Waals surface area contributed by atoms with Crippen LogP contribution in [0.4, 0.5) is 4.39 Å². The van der Waals surface area contributed by atoms with Crippen LogP contribution in [0.1, 0.15) is 5.56 Å². The van der Waals surface area contributed by atoms with Crippen molar-refractivity contribution in [3.63, 3.8) is 0 Å². The van der Waals surface area contributed by atoms with E-state index in [1.807, 2.05) is 25.4 Å². The molecule has 0 saturated heterocycles. The molecule has 0 aliphatic rings. The number of thioether (sulfide) groups is 1. The lowest BCUT2D eigenvalue weighted by Gasteiger charge is -2.06. The van der Waals surface area contributed by atoms with Gasteiger partial charge in [-0.3, -0.25) is 14.5 Å². The van der Waals surface area contributed by atoms with Gasteiger partial charge in [0, 0.05) is 36.4 Å². The van der Waals surface area contributed by atoms with Gasteiger partial charge in [0.25, 0.3) is 0 Å². The van der Waals surface area contributed by atoms with E-state index in [2.05, 4.69) is 15.4 Å². The molecule has 0 spiro atoms. The lowest BCUT2D eigenvalue weighted by atomic mass is 10.2. The highest BCUT2D eigenvalue weighted by Crippen LogP contribution is 2.18. The van der Waals surface area contributed by atoms with Crippen LogP contribution in [0.5, 0.6) is 0 Å². The molecule has 0 aliphatic carbocycles. The van der Waals surface area contributed by atoms with Crippen LogP contribution in [0, 0.1) is 5.82 Å². The minimum atomic E-state index is -0.281. The standard InChI is InChI=1S/C18H17FN4OS/c1-23-11-14(10-22-23)17-7-2-13(8-20-17)9-21-18(24)12-25-16-5-3-15(19)4-6-16/h2-8,10-11H,9,12H2,1H3,(H,21,24). The van der Waals surface area contributed by atoms with Gasteiger partial charge >= 0.3 is 0 Å². The highest BCUT2D eigenvalue weighted by molar-refractivity contribution is 8.00. The van der Waals surface area contributed by atoms with Crippen molar-refractivity contribution < 1.29 is 9.18 Å². The second-order valence-electron chi connectivity index (χ2n) is 5.47. The van der Waals surface area contributed by atoms with E-state index < -0.39 is 0 Å². The van der Waals surface area contributed by atoms with E-state index in [9.17, 15) is 9.18 Å². The first-order valence-electron chi connectivity index (χ1n) is 7.69. The summed E-state index contributed by atoms with van der Waals surface area (Å²) in [6.45, 7) is 0.420. The van der Waals surface area contributed by atoms with E-state index in [4.69, 9.17) is 0 Å². The molecule has 0 radical (unpaired) electrons. The summed E-state index contributed by atoms with van der Waals surface area (Å²) in [5.74, 6) is -0.0750. The van der Waals surface area contributed by atoms with Crippen molar-refractivity contribution in [1.29, 1.82) is 0 Å². The molecule has 3 rings (SSSR count). The first-order chi connectivity index (χ1) is 12.1. The highest BCUT2D eigenvalue weighted by Gasteiger charge is 2.05. The zero-order chi connectivity index (χ0) is 17.6. The van der Waals surface area contributed by atoms with Gasteiger partial charge in [-0.15, -0.1) is 11.8 Å². The van der Waals surface area contributed by atoms with E-state index in [0.29, 0.717) is 6.54 Å². The normalized spacial score (nSPS) is 10.6. The van der Waals surface area contributed by atoms with E-state index in [1.165, 1.54) is 23.9 Å². The van der Waals surface area contributed by atoms with Crippen molar-refractivity contribution in [1.82, 2.24) is 20.1 Å². The Hall–Kier alpha value is -2.67. The number of aryl methyl sites for hydroxylation is 1. The minimum Gasteiger partial charge on any atom is -0.351 e. The third-order valence-electron chi connectivity index (χ3n) is 3.50. The highest BCUT2D eigenvalue weighted by atomic mass is 32.2. The third-order valence-corrected chi connectivity index (χ3v) is 4.51. The zero-order valence-electron chi connectivity index (χ0n) is 13.6. The lowest BCUT2D eigenvalue weighted by Crippen LogP contribution is -2.24. The topological polar surface area (TPSA) is 59.8 Å². The van der Waals surface area contributed by atoms with Crippen molar-refractivity contribution in [3.8, 4) is 11.3 Å². The average molecular weight is 356 g/mol. The Bertz CT molecular complexity index is 846. The number of aromatic nitrogens is 3. The van der Waals surface area contributed by atoms with Gasteiger partial charge in [-0.05, 0) is 35.9 Å². The smallest absolute Gasteiger partial charge is 0.230 e. The molecule has 1 amide bonds. The molecule has 128 valence electrons. The van der Waals surface area contributed by atoms with Gasteiger partial charge in [0.05, 0.1) is 17.6 Å². The van der Waals surface area contributed by atoms with Gasteiger partial charge < -0.3 is 5.32 Å². The van der Waals surface area contributed by atoms with Crippen molar-refractivity contribution in [2.24, 2.45) is 7.05 Å². The molecular formula is C18H17FN4OS. The van der Waals surface area contributed by atoms with Crippen LogP contribution in [0.25, 0.3) is 11.3 Å². The molecule has 0 atom stereocenters. The Morgan fingerprint density at radius 3 is 2.64 bits per heavy atom. The van der Waals surface area contributed by atoms with Crippen LogP contribution in [-0.4, -0.2) is 26.4 Å². The van der Waals surface area contributed by atoms with Crippen molar-refractivity contribution in [2.45, 2.75) is 11.4 Å². The summed E-state index contributed by atoms with van der Waals surface area (Å²) >= 11 is 1.37. The zero-order valence-corrected chi connectivity index (χ0v) is 14.5. The Balaban J connectivity index is 1.47. The number of pyridine rings is 1. The number of halogens is 1. The molecule has 0 unspecified atom stereocenters. The number of nitrogens with zero attached hydrogens (tertiary/aromatic N) is 3. The number of carbonyl (C=O) groups excluding carboxylic acids is 1. The van der Waals surface area contributed by atoms with Crippen LogP contribution in [0.2, 0.25) is 0 Å². The lowest BCUT2D eigenvalue weighted by molar-refractivity contribution is -0.118. The number of hydrogen-bond donors (Lipinski definition) is 1. The quantitative estimate of drug-likeness (QED) is 0.690. The van der Waals surface area contributed by atoms with Crippen molar-refractivity contribution in [3.05, 3.63) is 66.4 Å². The fraction of sp³-hybridized carbons (Fsp3) is 0.167. The Labute approximate surface area is 149 Å². The molecule has 0 saturated carbocycles. The molecular weight excluding hydrogens is 339 g/mol. The van der Waals surface area contributed by atoms with Crippen LogP contribution in [0.3, 0.4) is 0 Å². The molecule has 1 aromatic carbocycles. The SMILES string of the molecule is Cn1cc(-c2ccc(CNC(=O)CSc3ccc(F)cc3)cn2)cn1. The summed E-state index contributed by atoms with van der Waals surface area (Å²) < 4.78 is 14.6. The molecule has 25 heavy (non-hydrogen) atoms. The second-order valence-corrected chi connectivity index (χ2v) is 6.52. The van der Waals surface area contributed by atoms with Gasteiger partial charge in [0.1, 0.15) is 5.82 Å². The average Bonchev–Trinajstić information content (AvgIpc) is 3.06. The Morgan fingerprint density at radius 2 is 2.00 bits per heavy atom. The number of hydrogen-bond acceptors (Lipinski definition) is 4. The molecule has 3 aromatic rings. The second kappa shape index (κ2) is 7.94. The first-order valence-corrected chi connectivity index (χ1v) is 8.68. The number of rotatable bonds is 6. The summed E-state index contributed by atoms with van der Waals surface area (Å²) in [6.07, 6.45) is 5.41. The van der Waals surface area contributed by atoms with Crippen LogP contribution >= 0.6 is 11.8 Å². The van der Waals surface area contributed by atoms with Crippen molar-refractivity contribution >= 4 is 17.7 Å². The summed E-state index contributed by atoms with van der Waals surface area (Å²) in [5.41, 5.74) is 2.72. The first kappa shape index (κ1) is 17.2. The monoisotopic (exact) mass is 356 g/mol. The van der Waals surface area contributed by atoms with Crippen LogP contribution in [0.15, 0.2) is 59.9 Å². The number of nitrogens with one attached hydrogen (secondary N) is 1. The molecule has 0 fully saturated rings. The summed E-state index contributed by atoms with van der Waals surface area (Å²) in [4.78, 5) is 17.2. The number of amides is 1. The van der Waals surface area contributed by atoms with E-state index in [0.717, 1.165) is 21.7 Å². The molecule has 5 nitrogen and oxygen atoms in total. The largest absolute Gasteiger partial charge is 0.351 e. The molecule has 0 bridgehead atoms. The fourth-order valence-electron chi connectivity index (χ4n) is 2.18. The van der Waals surface area contributed by atoms with Gasteiger partial charge in [0.15, 0.2) is 0 Å². The summed E-state index contributed by atoms with van der Waals surface area (Å²) in [5, 5.41) is 6.98. The van der Waals surface area contributed by atoms with Gasteiger partial charge in [-0.25, -0.2) is 4.39 Å². The van der Waals surface area contributed by atoms with Gasteiger partial charge in [-0.2, -0.15) is 5.10 Å². The minimum absolute atomic E-state index is 0.0781. The Morgan fingerprint density at radius 1 is 1.20 bits per heavy atom. The number of carbonyl (C=O) groups is 1. The van der Waals surface area contributed by atoms with Gasteiger partial charge in [-0.1, -0.05) is 6.07 Å². The van der Waals surface area contributed by atoms with E-state index >= 15 is 0 Å². The fourth-order valence-corrected chi connectivity index (χ4v) is 2.91. The summed E-state index contributed by atoms with van der Waals surface area (Å²) in [6, 6.07) is 9.93. The van der Waals surface area contributed by atoms with E-state index in [1.54, 1.807) is 29.2 Å². The Kier molecular flexibility index (Phi) is 5.45. The molecule has 0 aliphatic heterocycles. The molecule has 7 heteroatoms. The third kappa shape index (κ3) is 4.90. The maximum absolute atomic E-state index is 12.8. The predicted molar refractivity (Wildman–Crippen MR) is 95.4 cm³/mol. The predicted octanol–water partition coefficient (Wildman–Crippen LogP) is 3.03.